The molecule has 0 bridgehead atoms. The van der Waals surface area contributed by atoms with Crippen molar-refractivity contribution in [3.63, 3.8) is 0 Å². The van der Waals surface area contributed by atoms with Gasteiger partial charge in [-0.2, -0.15) is 0 Å². The number of hydrogen-bond acceptors (Lipinski definition) is 4. The van der Waals surface area contributed by atoms with Crippen molar-refractivity contribution in [2.75, 3.05) is 27.2 Å². The summed E-state index contributed by atoms with van der Waals surface area (Å²) in [6.45, 7) is 2.07. The molecule has 16 heavy (non-hydrogen) atoms. The number of thioether (sulfide) groups is 1. The minimum atomic E-state index is -1.12. The molecule has 0 radical (unpaired) electrons. The quantitative estimate of drug-likeness (QED) is 0.269. The smallest absolute Gasteiger partial charge is 1.00 e. The third kappa shape index (κ3) is 3.64. The van der Waals surface area contributed by atoms with Crippen LogP contribution < -0.4 is 47.9 Å². The van der Waals surface area contributed by atoms with Crippen LogP contribution in [0.15, 0.2) is 4.99 Å². The zero-order valence-electron chi connectivity index (χ0n) is 9.77. The summed E-state index contributed by atoms with van der Waals surface area (Å²) in [5.74, 6) is -1.12. The molecule has 0 amide bonds. The van der Waals surface area contributed by atoms with Gasteiger partial charge in [0.2, 0.25) is 0 Å². The first kappa shape index (κ1) is 16.8. The van der Waals surface area contributed by atoms with Gasteiger partial charge in [0.25, 0.3) is 0 Å². The molecule has 2 aliphatic heterocycles. The maximum atomic E-state index is 10.6. The summed E-state index contributed by atoms with van der Waals surface area (Å²) in [7, 11) is 4.35. The predicted molar refractivity (Wildman–Crippen MR) is 54.1 cm³/mol. The van der Waals surface area contributed by atoms with Crippen molar-refractivity contribution in [1.29, 1.82) is 0 Å². The average Bonchev–Trinajstić information content (AvgIpc) is 2.45. The molecule has 2 aliphatic rings. The number of halogens is 1. The zero-order valence-corrected chi connectivity index (χ0v) is 12.7. The van der Waals surface area contributed by atoms with Crippen molar-refractivity contribution in [2.45, 2.75) is 17.7 Å². The third-order valence-corrected chi connectivity index (χ3v) is 4.12. The van der Waals surface area contributed by atoms with Gasteiger partial charge in [0.05, 0.1) is 44.4 Å². The summed E-state index contributed by atoms with van der Waals surface area (Å²) in [5.41, 5.74) is 0. The first-order chi connectivity index (χ1) is 6.48. The summed E-state index contributed by atoms with van der Waals surface area (Å²) in [5, 5.41) is 11.2. The summed E-state index contributed by atoms with van der Waals surface area (Å²) >= 11 is 1.38. The molecule has 0 aromatic rings. The Morgan fingerprint density at radius 3 is 2.75 bits per heavy atom. The van der Waals surface area contributed by atoms with Crippen molar-refractivity contribution in [2.24, 2.45) is 4.99 Å². The number of carboxylic acids is 1. The Kier molecular flexibility index (Phi) is 6.39. The molecule has 0 spiro atoms. The summed E-state index contributed by atoms with van der Waals surface area (Å²) in [6, 6.07) is 0.207. The number of quaternary nitrogens is 1. The van der Waals surface area contributed by atoms with Crippen LogP contribution in [0.2, 0.25) is 0 Å². The molecule has 0 saturated carbocycles. The Labute approximate surface area is 129 Å². The van der Waals surface area contributed by atoms with Gasteiger partial charge in [-0.25, -0.2) is 0 Å². The maximum absolute atomic E-state index is 10.6. The fraction of sp³-hybridized carbons (Fsp3) is 0.778. The van der Waals surface area contributed by atoms with E-state index in [1.807, 2.05) is 0 Å². The molecule has 0 aromatic carbocycles. The number of nitrogens with zero attached hydrogens (tertiary/aromatic N) is 2. The number of carbonyl (C=O) groups is 1. The molecule has 2 heterocycles. The first-order valence-corrected chi connectivity index (χ1v) is 5.64. The van der Waals surface area contributed by atoms with E-state index in [0.29, 0.717) is 5.25 Å². The number of likely N-dealkylation sites (tertiary alicyclic amines) is 1. The second-order valence-corrected chi connectivity index (χ2v) is 5.80. The molecule has 2 unspecified atom stereocenters. The van der Waals surface area contributed by atoms with Crippen LogP contribution in [0.4, 0.5) is 0 Å². The van der Waals surface area contributed by atoms with Crippen LogP contribution in [0.3, 0.4) is 0 Å². The summed E-state index contributed by atoms with van der Waals surface area (Å²) < 4.78 is 0.962. The molecular weight excluding hydrogens is 334 g/mol. The number of carbonyl (C=O) groups excluding carboxylic acids is 1. The van der Waals surface area contributed by atoms with Crippen LogP contribution in [0.5, 0.6) is 0 Å². The van der Waals surface area contributed by atoms with Crippen LogP contribution in [-0.2, 0) is 4.79 Å². The van der Waals surface area contributed by atoms with Gasteiger partial charge < -0.3 is 38.4 Å². The third-order valence-electron chi connectivity index (χ3n) is 2.85. The van der Waals surface area contributed by atoms with Gasteiger partial charge in [0.1, 0.15) is 5.04 Å². The molecule has 86 valence electrons. The summed E-state index contributed by atoms with van der Waals surface area (Å²) in [4.78, 5) is 14.8. The molecule has 2 atom stereocenters. The van der Waals surface area contributed by atoms with Crippen molar-refractivity contribution in [3.05, 3.63) is 0 Å². The van der Waals surface area contributed by atoms with Gasteiger partial charge in [-0.1, -0.05) is 11.8 Å². The van der Waals surface area contributed by atoms with E-state index >= 15 is 0 Å². The number of aliphatic imine (C=N–C) groups is 1. The fourth-order valence-electron chi connectivity index (χ4n) is 2.06. The molecule has 2 rings (SSSR count). The molecule has 0 aromatic heterocycles. The molecule has 1 fully saturated rings. The number of rotatable bonds is 1. The zero-order chi connectivity index (χ0) is 10.3. The van der Waals surface area contributed by atoms with E-state index < -0.39 is 5.97 Å². The second-order valence-electron chi connectivity index (χ2n) is 4.58. The van der Waals surface area contributed by atoms with Gasteiger partial charge in [-0.05, 0) is 0 Å². The molecule has 1 saturated heterocycles. The van der Waals surface area contributed by atoms with Gasteiger partial charge in [-0.15, -0.1) is 0 Å². The average molecular weight is 348 g/mol. The minimum Gasteiger partial charge on any atom is -1.00 e. The Morgan fingerprint density at radius 2 is 2.19 bits per heavy atom. The van der Waals surface area contributed by atoms with Crippen LogP contribution in [0, 0.1) is 0 Å². The van der Waals surface area contributed by atoms with Crippen molar-refractivity contribution in [1.82, 2.24) is 0 Å². The Balaban J connectivity index is 0.00000112. The number of carboxylic acid groups (broad SMARTS) is 1. The molecular formula is C9H14ILiN2O2S. The van der Waals surface area contributed by atoms with Gasteiger partial charge >= 0.3 is 18.9 Å². The van der Waals surface area contributed by atoms with Gasteiger partial charge in [0.15, 0.2) is 0 Å². The Hall–Kier alpha value is 0.777. The normalized spacial score (nSPS) is 30.5. The number of piperidine rings is 1. The molecule has 4 nitrogen and oxygen atoms in total. The number of fused-ring (bicyclic) bond motifs is 1. The van der Waals surface area contributed by atoms with Gasteiger partial charge in [-0.3, -0.25) is 4.99 Å². The molecule has 7 heteroatoms. The Bertz CT molecular complexity index is 312. The van der Waals surface area contributed by atoms with E-state index in [0.717, 1.165) is 24.0 Å². The predicted octanol–water partition coefficient (Wildman–Crippen LogP) is -6.89. The fourth-order valence-corrected chi connectivity index (χ4v) is 3.47. The topological polar surface area (TPSA) is 52.5 Å². The Morgan fingerprint density at radius 1 is 1.56 bits per heavy atom. The maximum Gasteiger partial charge on any atom is 1.00 e. The number of hydrogen-bond donors (Lipinski definition) is 0. The van der Waals surface area contributed by atoms with Crippen molar-refractivity contribution in [3.8, 4) is 0 Å². The largest absolute Gasteiger partial charge is 1.00 e. The van der Waals surface area contributed by atoms with E-state index in [4.69, 9.17) is 0 Å². The van der Waals surface area contributed by atoms with Crippen LogP contribution in [0.25, 0.3) is 0 Å². The van der Waals surface area contributed by atoms with Crippen LogP contribution in [-0.4, -0.2) is 54.0 Å². The summed E-state index contributed by atoms with van der Waals surface area (Å²) in [6.07, 6.45) is 0.988. The minimum absolute atomic E-state index is 0. The van der Waals surface area contributed by atoms with Crippen molar-refractivity contribution < 1.29 is 57.2 Å². The first-order valence-electron chi connectivity index (χ1n) is 4.76. The van der Waals surface area contributed by atoms with Crippen molar-refractivity contribution >= 4 is 22.8 Å². The van der Waals surface area contributed by atoms with E-state index in [-0.39, 0.29) is 53.9 Å². The number of aliphatic carboxylic acids is 1. The van der Waals surface area contributed by atoms with E-state index in [1.165, 1.54) is 11.8 Å². The van der Waals surface area contributed by atoms with Crippen LogP contribution >= 0.6 is 11.8 Å². The van der Waals surface area contributed by atoms with E-state index in [2.05, 4.69) is 19.1 Å². The standard InChI is InChI=1S/C9H14N2O2S.HI.Li/c1-11(2)4-3-6-7(5-11)14-8(10-6)9(12)13;;/h6-7H,3-5H2,1-2H3;1H;/q;;+1/p-1. The van der Waals surface area contributed by atoms with Crippen LogP contribution in [0.1, 0.15) is 6.42 Å². The molecule has 0 N–H and O–H groups in total. The van der Waals surface area contributed by atoms with Gasteiger partial charge in [0, 0.05) is 6.42 Å². The van der Waals surface area contributed by atoms with E-state index in [9.17, 15) is 9.90 Å². The SMILES string of the molecule is C[N+]1(C)CCC2N=C(C(=O)[O-])SC2C1.[I-].[Li+]. The monoisotopic (exact) mass is 348 g/mol. The molecule has 0 aliphatic carbocycles. The van der Waals surface area contributed by atoms with E-state index in [1.54, 1.807) is 0 Å². The second kappa shape index (κ2) is 6.09.